The SMILES string of the molecule is C1=CC(c2ccc(N(c3ccc(-c4ccccc4)cc3)c3cccc(-c4cccc(-c5nc6ccccc6c6ccccc56)c4)c3)cc2)=CCC1. The third-order valence-corrected chi connectivity index (χ3v) is 9.87. The minimum atomic E-state index is 1.01. The Labute approximate surface area is 299 Å². The highest BCUT2D eigenvalue weighted by Gasteiger charge is 2.16. The summed E-state index contributed by atoms with van der Waals surface area (Å²) in [6, 6.07) is 63.1. The van der Waals surface area contributed by atoms with Gasteiger partial charge in [-0.3, -0.25) is 0 Å². The van der Waals surface area contributed by atoms with Crippen molar-refractivity contribution in [1.29, 1.82) is 0 Å². The smallest absolute Gasteiger partial charge is 0.0788 e. The van der Waals surface area contributed by atoms with E-state index in [1.54, 1.807) is 0 Å². The zero-order valence-corrected chi connectivity index (χ0v) is 28.3. The third-order valence-electron chi connectivity index (χ3n) is 9.87. The Bertz CT molecular complexity index is 2560. The van der Waals surface area contributed by atoms with E-state index in [1.807, 2.05) is 0 Å². The number of aromatic nitrogens is 1. The predicted octanol–water partition coefficient (Wildman–Crippen LogP) is 13.6. The molecule has 0 atom stereocenters. The predicted molar refractivity (Wildman–Crippen MR) is 217 cm³/mol. The van der Waals surface area contributed by atoms with Crippen LogP contribution < -0.4 is 4.90 Å². The highest BCUT2D eigenvalue weighted by molar-refractivity contribution is 6.11. The lowest BCUT2D eigenvalue weighted by Crippen LogP contribution is -2.10. The van der Waals surface area contributed by atoms with Crippen molar-refractivity contribution in [2.24, 2.45) is 0 Å². The third kappa shape index (κ3) is 6.02. The first-order valence-electron chi connectivity index (χ1n) is 17.7. The second-order valence-corrected chi connectivity index (χ2v) is 13.1. The summed E-state index contributed by atoms with van der Waals surface area (Å²) in [6.07, 6.45) is 9.05. The molecule has 0 fully saturated rings. The Balaban J connectivity index is 1.13. The van der Waals surface area contributed by atoms with E-state index in [-0.39, 0.29) is 0 Å². The fourth-order valence-electron chi connectivity index (χ4n) is 7.31. The van der Waals surface area contributed by atoms with Gasteiger partial charge in [0.25, 0.3) is 0 Å². The highest BCUT2D eigenvalue weighted by Crippen LogP contribution is 2.39. The van der Waals surface area contributed by atoms with Crippen LogP contribution >= 0.6 is 0 Å². The summed E-state index contributed by atoms with van der Waals surface area (Å²) < 4.78 is 0. The molecular formula is C49H36N2. The first kappa shape index (κ1) is 30.5. The molecule has 0 radical (unpaired) electrons. The van der Waals surface area contributed by atoms with Crippen molar-refractivity contribution in [2.45, 2.75) is 12.8 Å². The van der Waals surface area contributed by atoms with Gasteiger partial charge >= 0.3 is 0 Å². The van der Waals surface area contributed by atoms with Crippen LogP contribution in [0.15, 0.2) is 194 Å². The quantitative estimate of drug-likeness (QED) is 0.159. The van der Waals surface area contributed by atoms with Gasteiger partial charge in [-0.25, -0.2) is 4.98 Å². The van der Waals surface area contributed by atoms with E-state index in [0.717, 1.165) is 63.2 Å². The molecule has 7 aromatic carbocycles. The molecule has 8 aromatic rings. The van der Waals surface area contributed by atoms with Gasteiger partial charge in [-0.15, -0.1) is 0 Å². The normalized spacial score (nSPS) is 12.6. The number of hydrogen-bond donors (Lipinski definition) is 0. The van der Waals surface area contributed by atoms with Crippen LogP contribution in [0.5, 0.6) is 0 Å². The summed E-state index contributed by atoms with van der Waals surface area (Å²) in [5, 5.41) is 3.56. The molecule has 0 unspecified atom stereocenters. The van der Waals surface area contributed by atoms with Gasteiger partial charge in [0.05, 0.1) is 11.2 Å². The summed E-state index contributed by atoms with van der Waals surface area (Å²) in [6.45, 7) is 0. The summed E-state index contributed by atoms with van der Waals surface area (Å²) in [5.41, 5.74) is 13.7. The van der Waals surface area contributed by atoms with Crippen LogP contribution in [-0.4, -0.2) is 4.98 Å². The van der Waals surface area contributed by atoms with Crippen molar-refractivity contribution in [3.05, 3.63) is 200 Å². The van der Waals surface area contributed by atoms with E-state index in [0.29, 0.717) is 0 Å². The molecule has 0 saturated carbocycles. The minimum Gasteiger partial charge on any atom is -0.310 e. The number of pyridine rings is 1. The van der Waals surface area contributed by atoms with Crippen LogP contribution in [-0.2, 0) is 0 Å². The Morgan fingerprint density at radius 2 is 0.980 bits per heavy atom. The number of allylic oxidation sites excluding steroid dienone is 4. The van der Waals surface area contributed by atoms with Gasteiger partial charge in [-0.1, -0.05) is 146 Å². The fourth-order valence-corrected chi connectivity index (χ4v) is 7.31. The van der Waals surface area contributed by atoms with Crippen molar-refractivity contribution in [3.8, 4) is 33.5 Å². The summed E-state index contributed by atoms with van der Waals surface area (Å²) >= 11 is 0. The average Bonchev–Trinajstić information content (AvgIpc) is 3.22. The van der Waals surface area contributed by atoms with Crippen LogP contribution in [0.2, 0.25) is 0 Å². The molecule has 0 N–H and O–H groups in total. The van der Waals surface area contributed by atoms with E-state index in [1.165, 1.54) is 33.0 Å². The first-order chi connectivity index (χ1) is 25.3. The maximum atomic E-state index is 5.19. The van der Waals surface area contributed by atoms with E-state index in [4.69, 9.17) is 4.98 Å². The van der Waals surface area contributed by atoms with Crippen LogP contribution in [0.1, 0.15) is 18.4 Å². The maximum absolute atomic E-state index is 5.19. The molecule has 0 bridgehead atoms. The zero-order chi connectivity index (χ0) is 34.0. The average molecular weight is 653 g/mol. The standard InChI is InChI=1S/C49H36N2/c1-3-13-35(14-4-1)37-25-29-42(30-26-37)51(43-31-27-38(28-32-43)36-15-5-2-6-16-36)44-20-12-18-40(34-44)39-17-11-19-41(33-39)49-47-23-8-7-21-45(47)46-22-9-10-24-48(46)50-49/h1,3-5,7-34H,2,6H2. The molecule has 0 amide bonds. The van der Waals surface area contributed by atoms with Crippen LogP contribution in [0.4, 0.5) is 17.1 Å². The van der Waals surface area contributed by atoms with Gasteiger partial charge in [0.15, 0.2) is 0 Å². The van der Waals surface area contributed by atoms with Gasteiger partial charge in [0, 0.05) is 33.4 Å². The van der Waals surface area contributed by atoms with Crippen molar-refractivity contribution in [1.82, 2.24) is 4.98 Å². The van der Waals surface area contributed by atoms with Crippen LogP contribution in [0.3, 0.4) is 0 Å². The molecule has 2 heteroatoms. The molecule has 0 aliphatic heterocycles. The molecule has 1 aliphatic rings. The second-order valence-electron chi connectivity index (χ2n) is 13.1. The molecule has 242 valence electrons. The number of para-hydroxylation sites is 1. The van der Waals surface area contributed by atoms with Gasteiger partial charge in [0.2, 0.25) is 0 Å². The summed E-state index contributed by atoms with van der Waals surface area (Å²) in [7, 11) is 0. The van der Waals surface area contributed by atoms with Gasteiger partial charge in [-0.2, -0.15) is 0 Å². The van der Waals surface area contributed by atoms with Gasteiger partial charge < -0.3 is 4.90 Å². The molecular weight excluding hydrogens is 617 g/mol. The molecule has 0 saturated heterocycles. The van der Waals surface area contributed by atoms with Crippen molar-refractivity contribution >= 4 is 44.3 Å². The van der Waals surface area contributed by atoms with E-state index in [9.17, 15) is 0 Å². The molecule has 1 aliphatic carbocycles. The first-order valence-corrected chi connectivity index (χ1v) is 17.7. The number of benzene rings is 7. The number of rotatable bonds is 7. The van der Waals surface area contributed by atoms with E-state index >= 15 is 0 Å². The van der Waals surface area contributed by atoms with Crippen molar-refractivity contribution in [2.75, 3.05) is 4.90 Å². The Hall–Kier alpha value is -6.51. The largest absolute Gasteiger partial charge is 0.310 e. The molecule has 1 aromatic heterocycles. The number of fused-ring (bicyclic) bond motifs is 3. The molecule has 9 rings (SSSR count). The fraction of sp³-hybridized carbons (Fsp3) is 0.0408. The van der Waals surface area contributed by atoms with Crippen LogP contribution in [0, 0.1) is 0 Å². The Morgan fingerprint density at radius 1 is 0.392 bits per heavy atom. The molecule has 2 nitrogen and oxygen atoms in total. The lowest BCUT2D eigenvalue weighted by molar-refractivity contribution is 1.04. The monoisotopic (exact) mass is 652 g/mol. The summed E-state index contributed by atoms with van der Waals surface area (Å²) in [5.74, 6) is 0. The number of nitrogens with zero attached hydrogens (tertiary/aromatic N) is 2. The van der Waals surface area contributed by atoms with Gasteiger partial charge in [0.1, 0.15) is 0 Å². The van der Waals surface area contributed by atoms with Crippen molar-refractivity contribution < 1.29 is 0 Å². The Morgan fingerprint density at radius 3 is 1.73 bits per heavy atom. The van der Waals surface area contributed by atoms with Gasteiger partial charge in [-0.05, 0) is 100 Å². The van der Waals surface area contributed by atoms with Crippen LogP contribution in [0.25, 0.3) is 60.8 Å². The second kappa shape index (κ2) is 13.4. The Kier molecular flexibility index (Phi) is 8.04. The zero-order valence-electron chi connectivity index (χ0n) is 28.3. The maximum Gasteiger partial charge on any atom is 0.0788 e. The number of anilines is 3. The summed E-state index contributed by atoms with van der Waals surface area (Å²) in [4.78, 5) is 7.54. The topological polar surface area (TPSA) is 16.1 Å². The van der Waals surface area contributed by atoms with E-state index < -0.39 is 0 Å². The molecule has 0 spiro atoms. The van der Waals surface area contributed by atoms with E-state index in [2.05, 4.69) is 199 Å². The highest BCUT2D eigenvalue weighted by atomic mass is 15.1. The molecule has 1 heterocycles. The lowest BCUT2D eigenvalue weighted by atomic mass is 9.96. The number of hydrogen-bond acceptors (Lipinski definition) is 2. The lowest BCUT2D eigenvalue weighted by Gasteiger charge is -2.26. The van der Waals surface area contributed by atoms with Crippen molar-refractivity contribution in [3.63, 3.8) is 0 Å². The minimum absolute atomic E-state index is 1.01. The molecule has 51 heavy (non-hydrogen) atoms.